The van der Waals surface area contributed by atoms with Gasteiger partial charge in [-0.1, -0.05) is 35.0 Å². The maximum atomic E-state index is 12.4. The number of carbonyl (C=O) groups excluding carboxylic acids is 1. The summed E-state index contributed by atoms with van der Waals surface area (Å²) in [6, 6.07) is 7.63. The molecule has 0 bridgehead atoms. The zero-order valence-electron chi connectivity index (χ0n) is 11.0. The number of ketones is 1. The quantitative estimate of drug-likeness (QED) is 0.746. The third kappa shape index (κ3) is 3.42. The molecular weight excluding hydrogens is 290 g/mol. The van der Waals surface area contributed by atoms with Crippen LogP contribution in [0, 0.1) is 5.92 Å². The lowest BCUT2D eigenvalue weighted by molar-refractivity contribution is 0.0839. The van der Waals surface area contributed by atoms with Gasteiger partial charge < -0.3 is 0 Å². The molecule has 0 saturated heterocycles. The van der Waals surface area contributed by atoms with Gasteiger partial charge in [-0.05, 0) is 44.4 Å². The van der Waals surface area contributed by atoms with Gasteiger partial charge in [0, 0.05) is 16.6 Å². The maximum absolute atomic E-state index is 12.4. The Bertz CT molecular complexity index is 411. The van der Waals surface area contributed by atoms with Crippen molar-refractivity contribution in [3.05, 3.63) is 34.3 Å². The van der Waals surface area contributed by atoms with E-state index in [9.17, 15) is 4.79 Å². The molecule has 1 unspecified atom stereocenters. The predicted molar refractivity (Wildman–Crippen MR) is 77.9 cm³/mol. The first kappa shape index (κ1) is 13.8. The third-order valence-electron chi connectivity index (χ3n) is 3.65. The van der Waals surface area contributed by atoms with E-state index < -0.39 is 0 Å². The highest BCUT2D eigenvalue weighted by Gasteiger charge is 2.28. The number of benzene rings is 1. The first-order chi connectivity index (χ1) is 8.61. The minimum atomic E-state index is -0.0169. The van der Waals surface area contributed by atoms with Gasteiger partial charge in [-0.25, -0.2) is 0 Å². The van der Waals surface area contributed by atoms with Crippen LogP contribution < -0.4 is 0 Å². The molecule has 98 valence electrons. The molecule has 0 radical (unpaired) electrons. The summed E-state index contributed by atoms with van der Waals surface area (Å²) in [6.07, 6.45) is 2.66. The summed E-state index contributed by atoms with van der Waals surface area (Å²) in [6.45, 7) is 6.17. The largest absolute Gasteiger partial charge is 0.294 e. The molecular formula is C15H20BrNO. The van der Waals surface area contributed by atoms with Crippen molar-refractivity contribution in [3.8, 4) is 0 Å². The lowest BCUT2D eigenvalue weighted by Gasteiger charge is -2.26. The molecule has 0 aliphatic heterocycles. The second kappa shape index (κ2) is 5.98. The van der Waals surface area contributed by atoms with Gasteiger partial charge in [0.25, 0.3) is 0 Å². The smallest absolute Gasteiger partial charge is 0.179 e. The van der Waals surface area contributed by atoms with Crippen LogP contribution in [-0.2, 0) is 0 Å². The summed E-state index contributed by atoms with van der Waals surface area (Å²) in [5.74, 6) is 1.05. The zero-order chi connectivity index (χ0) is 13.1. The summed E-state index contributed by atoms with van der Waals surface area (Å²) in [5, 5.41) is 0. The minimum Gasteiger partial charge on any atom is -0.294 e. The average molecular weight is 310 g/mol. The van der Waals surface area contributed by atoms with Crippen molar-refractivity contribution in [2.24, 2.45) is 5.92 Å². The van der Waals surface area contributed by atoms with Gasteiger partial charge in [0.2, 0.25) is 0 Å². The normalized spacial score (nSPS) is 16.9. The van der Waals surface area contributed by atoms with Crippen molar-refractivity contribution >= 4 is 21.7 Å². The van der Waals surface area contributed by atoms with E-state index in [-0.39, 0.29) is 11.8 Å². The van der Waals surface area contributed by atoms with Crippen LogP contribution in [0.15, 0.2) is 28.7 Å². The molecule has 1 atom stereocenters. The van der Waals surface area contributed by atoms with Crippen molar-refractivity contribution in [1.29, 1.82) is 0 Å². The summed E-state index contributed by atoms with van der Waals surface area (Å²) < 4.78 is 1.01. The van der Waals surface area contributed by atoms with Crippen LogP contribution in [0.4, 0.5) is 0 Å². The van der Waals surface area contributed by atoms with E-state index in [1.54, 1.807) is 0 Å². The SMILES string of the molecule is CCN(CC1CC1)C(C)C(=O)c1ccc(Br)cc1. The lowest BCUT2D eigenvalue weighted by Crippen LogP contribution is -2.40. The van der Waals surface area contributed by atoms with Gasteiger partial charge in [0.15, 0.2) is 5.78 Å². The number of carbonyl (C=O) groups is 1. The van der Waals surface area contributed by atoms with Gasteiger partial charge in [-0.3, -0.25) is 9.69 Å². The molecule has 0 amide bonds. The summed E-state index contributed by atoms with van der Waals surface area (Å²) in [7, 11) is 0. The predicted octanol–water partition coefficient (Wildman–Crippen LogP) is 3.75. The number of hydrogen-bond donors (Lipinski definition) is 0. The Balaban J connectivity index is 2.03. The summed E-state index contributed by atoms with van der Waals surface area (Å²) >= 11 is 3.39. The monoisotopic (exact) mass is 309 g/mol. The van der Waals surface area contributed by atoms with Gasteiger partial charge in [-0.15, -0.1) is 0 Å². The molecule has 0 aromatic heterocycles. The van der Waals surface area contributed by atoms with Crippen LogP contribution in [0.3, 0.4) is 0 Å². The van der Waals surface area contributed by atoms with E-state index in [0.29, 0.717) is 0 Å². The molecule has 3 heteroatoms. The molecule has 2 nitrogen and oxygen atoms in total. The van der Waals surface area contributed by atoms with Crippen LogP contribution in [0.25, 0.3) is 0 Å². The van der Waals surface area contributed by atoms with Crippen LogP contribution in [0.2, 0.25) is 0 Å². The molecule has 0 N–H and O–H groups in total. The Kier molecular flexibility index (Phi) is 4.57. The van der Waals surface area contributed by atoms with Crippen LogP contribution in [0.5, 0.6) is 0 Å². The van der Waals surface area contributed by atoms with Crippen LogP contribution >= 0.6 is 15.9 Å². The van der Waals surface area contributed by atoms with Crippen LogP contribution in [-0.4, -0.2) is 29.8 Å². The summed E-state index contributed by atoms with van der Waals surface area (Å²) in [4.78, 5) is 14.7. The Morgan fingerprint density at radius 3 is 2.50 bits per heavy atom. The Labute approximate surface area is 117 Å². The number of likely N-dealkylation sites (N-methyl/N-ethyl adjacent to an activating group) is 1. The molecule has 1 aliphatic rings. The standard InChI is InChI=1S/C15H20BrNO/c1-3-17(10-12-4-5-12)11(2)15(18)13-6-8-14(16)9-7-13/h6-9,11-12H,3-5,10H2,1-2H3. The van der Waals surface area contributed by atoms with Crippen molar-refractivity contribution in [2.75, 3.05) is 13.1 Å². The Morgan fingerprint density at radius 1 is 1.39 bits per heavy atom. The van der Waals surface area contributed by atoms with Gasteiger partial charge in [0.1, 0.15) is 0 Å². The molecule has 18 heavy (non-hydrogen) atoms. The molecule has 0 spiro atoms. The lowest BCUT2D eigenvalue weighted by atomic mass is 10.0. The van der Waals surface area contributed by atoms with Crippen LogP contribution in [0.1, 0.15) is 37.0 Å². The second-order valence-corrected chi connectivity index (χ2v) is 5.99. The van der Waals surface area contributed by atoms with E-state index in [0.717, 1.165) is 29.0 Å². The number of halogens is 1. The summed E-state index contributed by atoms with van der Waals surface area (Å²) in [5.41, 5.74) is 0.806. The van der Waals surface area contributed by atoms with E-state index in [4.69, 9.17) is 0 Å². The molecule has 1 aromatic rings. The fourth-order valence-corrected chi connectivity index (χ4v) is 2.48. The van der Waals surface area contributed by atoms with Crippen molar-refractivity contribution in [2.45, 2.75) is 32.7 Å². The van der Waals surface area contributed by atoms with E-state index in [1.807, 2.05) is 31.2 Å². The van der Waals surface area contributed by atoms with Crippen molar-refractivity contribution in [3.63, 3.8) is 0 Å². The highest BCUT2D eigenvalue weighted by atomic mass is 79.9. The van der Waals surface area contributed by atoms with E-state index in [2.05, 4.69) is 27.8 Å². The topological polar surface area (TPSA) is 20.3 Å². The number of Topliss-reactive ketones (excluding diaryl/α,β-unsaturated/α-hetero) is 1. The number of hydrogen-bond acceptors (Lipinski definition) is 2. The maximum Gasteiger partial charge on any atom is 0.179 e. The molecule has 1 saturated carbocycles. The fraction of sp³-hybridized carbons (Fsp3) is 0.533. The zero-order valence-corrected chi connectivity index (χ0v) is 12.6. The highest BCUT2D eigenvalue weighted by molar-refractivity contribution is 9.10. The van der Waals surface area contributed by atoms with E-state index in [1.165, 1.54) is 12.8 Å². The molecule has 0 heterocycles. The van der Waals surface area contributed by atoms with Gasteiger partial charge in [-0.2, -0.15) is 0 Å². The van der Waals surface area contributed by atoms with Crippen molar-refractivity contribution in [1.82, 2.24) is 4.90 Å². The minimum absolute atomic E-state index is 0.0169. The Morgan fingerprint density at radius 2 is 2.00 bits per heavy atom. The molecule has 1 aliphatic carbocycles. The molecule has 1 fully saturated rings. The average Bonchev–Trinajstić information content (AvgIpc) is 3.19. The molecule has 1 aromatic carbocycles. The number of rotatable bonds is 6. The van der Waals surface area contributed by atoms with Gasteiger partial charge >= 0.3 is 0 Å². The highest BCUT2D eigenvalue weighted by Crippen LogP contribution is 2.30. The first-order valence-electron chi connectivity index (χ1n) is 6.65. The van der Waals surface area contributed by atoms with Gasteiger partial charge in [0.05, 0.1) is 6.04 Å². The van der Waals surface area contributed by atoms with E-state index >= 15 is 0 Å². The first-order valence-corrected chi connectivity index (χ1v) is 7.45. The third-order valence-corrected chi connectivity index (χ3v) is 4.18. The molecule has 2 rings (SSSR count). The second-order valence-electron chi connectivity index (χ2n) is 5.08. The van der Waals surface area contributed by atoms with Crippen molar-refractivity contribution < 1.29 is 4.79 Å². The Hall–Kier alpha value is -0.670. The fourth-order valence-electron chi connectivity index (χ4n) is 2.21. The number of nitrogens with zero attached hydrogens (tertiary/aromatic N) is 1.